The maximum Gasteiger partial charge on any atom is 0.236 e. The number of hydrogen-bond acceptors (Lipinski definition) is 3. The maximum absolute atomic E-state index is 13.1. The molecular formula is C19H20N2O2. The van der Waals surface area contributed by atoms with Gasteiger partial charge < -0.3 is 15.4 Å². The van der Waals surface area contributed by atoms with Crippen LogP contribution in [0.5, 0.6) is 5.75 Å². The van der Waals surface area contributed by atoms with Gasteiger partial charge in [-0.05, 0) is 42.3 Å². The lowest BCUT2D eigenvalue weighted by atomic mass is 9.78. The Hall–Kier alpha value is -2.33. The lowest BCUT2D eigenvalue weighted by molar-refractivity contribution is -0.121. The summed E-state index contributed by atoms with van der Waals surface area (Å²) >= 11 is 0. The van der Waals surface area contributed by atoms with Gasteiger partial charge in [-0.3, -0.25) is 4.79 Å². The highest BCUT2D eigenvalue weighted by atomic mass is 16.5. The van der Waals surface area contributed by atoms with E-state index in [9.17, 15) is 4.79 Å². The van der Waals surface area contributed by atoms with E-state index >= 15 is 0 Å². The summed E-state index contributed by atoms with van der Waals surface area (Å²) in [6.07, 6.45) is 1.72. The number of carbonyl (C=O) groups is 1. The number of benzene rings is 2. The minimum Gasteiger partial charge on any atom is -0.493 e. The van der Waals surface area contributed by atoms with E-state index < -0.39 is 5.41 Å². The summed E-state index contributed by atoms with van der Waals surface area (Å²) < 4.78 is 5.52. The molecule has 0 aromatic heterocycles. The highest BCUT2D eigenvalue weighted by molar-refractivity contribution is 5.99. The molecule has 2 heterocycles. The van der Waals surface area contributed by atoms with E-state index in [-0.39, 0.29) is 5.91 Å². The molecule has 0 bridgehead atoms. The fourth-order valence-corrected chi connectivity index (χ4v) is 3.54. The van der Waals surface area contributed by atoms with E-state index in [0.717, 1.165) is 43.0 Å². The van der Waals surface area contributed by atoms with Crippen molar-refractivity contribution in [3.05, 3.63) is 59.7 Å². The van der Waals surface area contributed by atoms with Crippen molar-refractivity contribution in [2.45, 2.75) is 18.3 Å². The standard InChI is InChI=1S/C19H20N2O2/c22-18(21-16-6-7-17-14(12-16)8-11-23-17)19(9-10-20-13-19)15-4-2-1-3-5-15/h1-7,12,20H,8-11,13H2,(H,21,22). The van der Waals surface area contributed by atoms with Crippen LogP contribution >= 0.6 is 0 Å². The first-order valence-corrected chi connectivity index (χ1v) is 8.11. The van der Waals surface area contributed by atoms with E-state index in [1.807, 2.05) is 48.5 Å². The molecular weight excluding hydrogens is 288 g/mol. The zero-order chi connectivity index (χ0) is 15.7. The number of fused-ring (bicyclic) bond motifs is 1. The lowest BCUT2D eigenvalue weighted by Crippen LogP contribution is -2.42. The van der Waals surface area contributed by atoms with Gasteiger partial charge in [0.15, 0.2) is 0 Å². The predicted molar refractivity (Wildman–Crippen MR) is 89.9 cm³/mol. The molecule has 4 nitrogen and oxygen atoms in total. The van der Waals surface area contributed by atoms with Crippen molar-refractivity contribution < 1.29 is 9.53 Å². The van der Waals surface area contributed by atoms with Crippen LogP contribution in [-0.2, 0) is 16.6 Å². The summed E-state index contributed by atoms with van der Waals surface area (Å²) in [7, 11) is 0. The van der Waals surface area contributed by atoms with Crippen LogP contribution in [0.4, 0.5) is 5.69 Å². The molecule has 1 saturated heterocycles. The fourth-order valence-electron chi connectivity index (χ4n) is 3.54. The van der Waals surface area contributed by atoms with E-state index in [1.54, 1.807) is 0 Å². The van der Waals surface area contributed by atoms with Gasteiger partial charge in [0.1, 0.15) is 5.75 Å². The molecule has 1 unspecified atom stereocenters. The minimum atomic E-state index is -0.489. The van der Waals surface area contributed by atoms with E-state index in [0.29, 0.717) is 6.54 Å². The number of amides is 1. The summed E-state index contributed by atoms with van der Waals surface area (Å²) in [5.74, 6) is 0.996. The third-order valence-electron chi connectivity index (χ3n) is 4.86. The van der Waals surface area contributed by atoms with E-state index in [4.69, 9.17) is 4.74 Å². The van der Waals surface area contributed by atoms with Gasteiger partial charge in [-0.2, -0.15) is 0 Å². The molecule has 2 aromatic carbocycles. The fraction of sp³-hybridized carbons (Fsp3) is 0.316. The molecule has 4 heteroatoms. The molecule has 2 aromatic rings. The number of ether oxygens (including phenoxy) is 1. The Kier molecular flexibility index (Phi) is 3.54. The highest BCUT2D eigenvalue weighted by Crippen LogP contribution is 2.33. The minimum absolute atomic E-state index is 0.0626. The van der Waals surface area contributed by atoms with Crippen molar-refractivity contribution in [3.63, 3.8) is 0 Å². The summed E-state index contributed by atoms with van der Waals surface area (Å²) in [6, 6.07) is 16.0. The Morgan fingerprint density at radius 2 is 2.04 bits per heavy atom. The molecule has 23 heavy (non-hydrogen) atoms. The normalized spacial score (nSPS) is 22.4. The molecule has 118 valence electrons. The molecule has 1 fully saturated rings. The zero-order valence-corrected chi connectivity index (χ0v) is 13.0. The smallest absolute Gasteiger partial charge is 0.236 e. The first-order valence-electron chi connectivity index (χ1n) is 8.11. The predicted octanol–water partition coefficient (Wildman–Crippen LogP) is 2.49. The van der Waals surface area contributed by atoms with Crippen LogP contribution in [-0.4, -0.2) is 25.6 Å². The lowest BCUT2D eigenvalue weighted by Gasteiger charge is -2.27. The molecule has 0 radical (unpaired) electrons. The average molecular weight is 308 g/mol. The SMILES string of the molecule is O=C(Nc1ccc2c(c1)CCO2)C1(c2ccccc2)CCNC1. The molecule has 2 N–H and O–H groups in total. The molecule has 0 aliphatic carbocycles. The quantitative estimate of drug-likeness (QED) is 0.916. The largest absolute Gasteiger partial charge is 0.493 e. The van der Waals surface area contributed by atoms with Crippen LogP contribution in [0.15, 0.2) is 48.5 Å². The van der Waals surface area contributed by atoms with Crippen molar-refractivity contribution in [2.75, 3.05) is 25.0 Å². The van der Waals surface area contributed by atoms with Crippen molar-refractivity contribution in [2.24, 2.45) is 0 Å². The number of rotatable bonds is 3. The van der Waals surface area contributed by atoms with E-state index in [2.05, 4.69) is 10.6 Å². The second-order valence-electron chi connectivity index (χ2n) is 6.25. The molecule has 4 rings (SSSR count). The van der Waals surface area contributed by atoms with Crippen LogP contribution in [0.3, 0.4) is 0 Å². The Morgan fingerprint density at radius 3 is 2.83 bits per heavy atom. The van der Waals surface area contributed by atoms with Crippen molar-refractivity contribution >= 4 is 11.6 Å². The number of hydrogen-bond donors (Lipinski definition) is 2. The second kappa shape index (κ2) is 5.70. The van der Waals surface area contributed by atoms with Crippen molar-refractivity contribution in [1.82, 2.24) is 5.32 Å². The summed E-state index contributed by atoms with van der Waals surface area (Å²) in [6.45, 7) is 2.27. The topological polar surface area (TPSA) is 50.4 Å². The van der Waals surface area contributed by atoms with Gasteiger partial charge in [-0.25, -0.2) is 0 Å². The monoisotopic (exact) mass is 308 g/mol. The van der Waals surface area contributed by atoms with Gasteiger partial charge in [0.05, 0.1) is 12.0 Å². The average Bonchev–Trinajstić information content (AvgIpc) is 3.25. The molecule has 0 spiro atoms. The number of anilines is 1. The van der Waals surface area contributed by atoms with Gasteiger partial charge in [0.25, 0.3) is 0 Å². The molecule has 1 atom stereocenters. The van der Waals surface area contributed by atoms with Crippen LogP contribution in [0.2, 0.25) is 0 Å². The van der Waals surface area contributed by atoms with Gasteiger partial charge in [0.2, 0.25) is 5.91 Å². The van der Waals surface area contributed by atoms with Crippen LogP contribution in [0.1, 0.15) is 17.5 Å². The van der Waals surface area contributed by atoms with Crippen molar-refractivity contribution in [3.8, 4) is 5.75 Å². The summed E-state index contributed by atoms with van der Waals surface area (Å²) in [5.41, 5.74) is 2.60. The Labute approximate surface area is 135 Å². The Bertz CT molecular complexity index is 721. The third-order valence-corrected chi connectivity index (χ3v) is 4.86. The molecule has 2 aliphatic heterocycles. The van der Waals surface area contributed by atoms with Crippen molar-refractivity contribution in [1.29, 1.82) is 0 Å². The van der Waals surface area contributed by atoms with Crippen LogP contribution < -0.4 is 15.4 Å². The zero-order valence-electron chi connectivity index (χ0n) is 13.0. The number of carbonyl (C=O) groups excluding carboxylic acids is 1. The first kappa shape index (κ1) is 14.3. The number of nitrogens with one attached hydrogen (secondary N) is 2. The Morgan fingerprint density at radius 1 is 1.17 bits per heavy atom. The molecule has 1 amide bonds. The van der Waals surface area contributed by atoms with Gasteiger partial charge in [-0.1, -0.05) is 30.3 Å². The molecule has 0 saturated carbocycles. The summed E-state index contributed by atoms with van der Waals surface area (Å²) in [5, 5.41) is 6.46. The Balaban J connectivity index is 1.61. The van der Waals surface area contributed by atoms with E-state index in [1.165, 1.54) is 5.56 Å². The van der Waals surface area contributed by atoms with Gasteiger partial charge in [0, 0.05) is 18.7 Å². The van der Waals surface area contributed by atoms with Gasteiger partial charge in [-0.15, -0.1) is 0 Å². The molecule has 2 aliphatic rings. The van der Waals surface area contributed by atoms with Crippen LogP contribution in [0.25, 0.3) is 0 Å². The van der Waals surface area contributed by atoms with Gasteiger partial charge >= 0.3 is 0 Å². The summed E-state index contributed by atoms with van der Waals surface area (Å²) in [4.78, 5) is 13.1. The third kappa shape index (κ3) is 2.49. The van der Waals surface area contributed by atoms with Crippen LogP contribution in [0, 0.1) is 0 Å². The first-order chi connectivity index (χ1) is 11.3. The maximum atomic E-state index is 13.1. The second-order valence-corrected chi connectivity index (χ2v) is 6.25. The highest BCUT2D eigenvalue weighted by Gasteiger charge is 2.42.